The summed E-state index contributed by atoms with van der Waals surface area (Å²) in [5.41, 5.74) is 1.12. The van der Waals surface area contributed by atoms with E-state index in [-0.39, 0.29) is 28.6 Å². The molecule has 0 radical (unpaired) electrons. The Labute approximate surface area is 192 Å². The molecule has 1 heterocycles. The largest absolute Gasteiger partial charge is 0.438 e. The van der Waals surface area contributed by atoms with Gasteiger partial charge in [-0.05, 0) is 74.5 Å². The zero-order valence-corrected chi connectivity index (χ0v) is 19.1. The van der Waals surface area contributed by atoms with Gasteiger partial charge < -0.3 is 15.4 Å². The summed E-state index contributed by atoms with van der Waals surface area (Å²) in [6, 6.07) is 15.2. The van der Waals surface area contributed by atoms with Gasteiger partial charge in [0.1, 0.15) is 11.3 Å². The fourth-order valence-electron chi connectivity index (χ4n) is 2.82. The molecule has 0 spiro atoms. The predicted octanol–water partition coefficient (Wildman–Crippen LogP) is 3.77. The second-order valence-corrected chi connectivity index (χ2v) is 9.10. The second kappa shape index (κ2) is 10.1. The van der Waals surface area contributed by atoms with Crippen LogP contribution in [0.3, 0.4) is 0 Å². The molecule has 10 heteroatoms. The molecule has 3 rings (SSSR count). The lowest BCUT2D eigenvalue weighted by atomic mass is 10.2. The molecule has 0 saturated carbocycles. The van der Waals surface area contributed by atoms with Crippen molar-refractivity contribution in [2.75, 3.05) is 10.0 Å². The molecule has 3 aromatic rings. The van der Waals surface area contributed by atoms with Crippen molar-refractivity contribution in [1.82, 2.24) is 10.3 Å². The zero-order valence-electron chi connectivity index (χ0n) is 18.3. The summed E-state index contributed by atoms with van der Waals surface area (Å²) < 4.78 is 33.5. The van der Waals surface area contributed by atoms with Crippen molar-refractivity contribution in [2.24, 2.45) is 0 Å². The first-order chi connectivity index (χ1) is 15.6. The first-order valence-corrected chi connectivity index (χ1v) is 11.6. The molecule has 0 aliphatic heterocycles. The molecule has 0 unspecified atom stereocenters. The number of carbonyl (C=O) groups excluding carboxylic acids is 2. The van der Waals surface area contributed by atoms with Gasteiger partial charge in [0.05, 0.1) is 4.90 Å². The number of ether oxygens (including phenoxy) is 1. The lowest BCUT2D eigenvalue weighted by Crippen LogP contribution is -2.30. The Bertz CT molecular complexity index is 1240. The number of benzene rings is 2. The maximum absolute atomic E-state index is 12.6. The first-order valence-electron chi connectivity index (χ1n) is 10.1. The Morgan fingerprint density at radius 2 is 1.58 bits per heavy atom. The van der Waals surface area contributed by atoms with Crippen LogP contribution in [0.1, 0.15) is 31.1 Å². The summed E-state index contributed by atoms with van der Waals surface area (Å²) in [7, 11) is -3.83. The molecule has 1 aromatic heterocycles. The van der Waals surface area contributed by atoms with E-state index in [4.69, 9.17) is 4.74 Å². The number of rotatable bonds is 8. The fourth-order valence-corrected chi connectivity index (χ4v) is 3.88. The van der Waals surface area contributed by atoms with Crippen LogP contribution in [0, 0.1) is 0 Å². The highest BCUT2D eigenvalue weighted by molar-refractivity contribution is 7.92. The highest BCUT2D eigenvalue weighted by Crippen LogP contribution is 2.25. The molecule has 0 fully saturated rings. The molecule has 33 heavy (non-hydrogen) atoms. The first kappa shape index (κ1) is 23.7. The van der Waals surface area contributed by atoms with Crippen LogP contribution in [0.2, 0.25) is 0 Å². The minimum absolute atomic E-state index is 0.0422. The van der Waals surface area contributed by atoms with Crippen LogP contribution in [0.25, 0.3) is 0 Å². The third kappa shape index (κ3) is 6.53. The van der Waals surface area contributed by atoms with Crippen molar-refractivity contribution in [3.8, 4) is 11.6 Å². The number of carbonyl (C=O) groups is 2. The fraction of sp³-hybridized carbons (Fsp3) is 0.174. The standard InChI is InChI=1S/C23H24N4O5S/c1-15(2)25-22(29)21-5-4-14-24-23(21)32-19-10-6-18(7-11-19)27-33(30,31)20-12-8-17(9-13-20)26-16(3)28/h4-15,27H,1-3H3,(H,25,29)(H,26,28). The van der Waals surface area contributed by atoms with Gasteiger partial charge in [-0.15, -0.1) is 0 Å². The predicted molar refractivity (Wildman–Crippen MR) is 125 cm³/mol. The molecule has 9 nitrogen and oxygen atoms in total. The van der Waals surface area contributed by atoms with E-state index in [0.717, 1.165) is 0 Å². The summed E-state index contributed by atoms with van der Waals surface area (Å²) in [5.74, 6) is -0.0236. The number of anilines is 2. The van der Waals surface area contributed by atoms with Gasteiger partial charge in [0.2, 0.25) is 11.8 Å². The molecule has 3 N–H and O–H groups in total. The van der Waals surface area contributed by atoms with Crippen LogP contribution in [0.15, 0.2) is 71.8 Å². The van der Waals surface area contributed by atoms with Crippen molar-refractivity contribution < 1.29 is 22.7 Å². The topological polar surface area (TPSA) is 126 Å². The Hall–Kier alpha value is -3.92. The number of hydrogen-bond donors (Lipinski definition) is 3. The Morgan fingerprint density at radius 3 is 2.18 bits per heavy atom. The molecule has 0 bridgehead atoms. The van der Waals surface area contributed by atoms with Gasteiger partial charge in [-0.2, -0.15) is 0 Å². The minimum Gasteiger partial charge on any atom is -0.438 e. The maximum Gasteiger partial charge on any atom is 0.261 e. The molecule has 0 aliphatic carbocycles. The van der Waals surface area contributed by atoms with E-state index < -0.39 is 10.0 Å². The van der Waals surface area contributed by atoms with E-state index in [1.54, 1.807) is 24.3 Å². The van der Waals surface area contributed by atoms with Crippen molar-refractivity contribution in [1.29, 1.82) is 0 Å². The van der Waals surface area contributed by atoms with Gasteiger partial charge in [-0.1, -0.05) is 0 Å². The molecular weight excluding hydrogens is 444 g/mol. The molecular formula is C23H24N4O5S. The van der Waals surface area contributed by atoms with Crippen LogP contribution < -0.4 is 20.1 Å². The number of pyridine rings is 1. The quantitative estimate of drug-likeness (QED) is 0.462. The summed E-state index contributed by atoms with van der Waals surface area (Å²) in [4.78, 5) is 27.6. The van der Waals surface area contributed by atoms with Gasteiger partial charge >= 0.3 is 0 Å². The number of nitrogens with one attached hydrogen (secondary N) is 3. The van der Waals surface area contributed by atoms with Gasteiger partial charge in [-0.3, -0.25) is 14.3 Å². The highest BCUT2D eigenvalue weighted by Gasteiger charge is 2.16. The van der Waals surface area contributed by atoms with Crippen molar-refractivity contribution in [2.45, 2.75) is 31.7 Å². The van der Waals surface area contributed by atoms with Crippen molar-refractivity contribution in [3.05, 3.63) is 72.4 Å². The van der Waals surface area contributed by atoms with Crippen molar-refractivity contribution >= 4 is 33.2 Å². The third-order valence-electron chi connectivity index (χ3n) is 4.24. The number of sulfonamides is 1. The molecule has 2 amide bonds. The Kier molecular flexibility index (Phi) is 7.29. The number of nitrogens with zero attached hydrogens (tertiary/aromatic N) is 1. The molecule has 0 atom stereocenters. The summed E-state index contributed by atoms with van der Waals surface area (Å²) >= 11 is 0. The molecule has 2 aromatic carbocycles. The smallest absolute Gasteiger partial charge is 0.261 e. The number of aromatic nitrogens is 1. The third-order valence-corrected chi connectivity index (χ3v) is 5.64. The van der Waals surface area contributed by atoms with E-state index in [1.165, 1.54) is 49.5 Å². The second-order valence-electron chi connectivity index (χ2n) is 7.42. The molecule has 172 valence electrons. The van der Waals surface area contributed by atoms with Gasteiger partial charge in [0.15, 0.2) is 0 Å². The minimum atomic E-state index is -3.83. The van der Waals surface area contributed by atoms with E-state index in [2.05, 4.69) is 20.3 Å². The summed E-state index contributed by atoms with van der Waals surface area (Å²) in [5, 5.41) is 5.37. The highest BCUT2D eigenvalue weighted by atomic mass is 32.2. The van der Waals surface area contributed by atoms with Gasteiger partial charge in [0.25, 0.3) is 15.9 Å². The monoisotopic (exact) mass is 468 g/mol. The molecule has 0 saturated heterocycles. The lowest BCUT2D eigenvalue weighted by molar-refractivity contribution is -0.114. The maximum atomic E-state index is 12.6. The zero-order chi connectivity index (χ0) is 24.0. The van der Waals surface area contributed by atoms with Gasteiger partial charge in [-0.25, -0.2) is 13.4 Å². The lowest BCUT2D eigenvalue weighted by Gasteiger charge is -2.13. The normalized spacial score (nSPS) is 11.0. The van der Waals surface area contributed by atoms with Gasteiger partial charge in [0, 0.05) is 30.5 Å². The van der Waals surface area contributed by atoms with Crippen LogP contribution in [0.4, 0.5) is 11.4 Å². The Balaban J connectivity index is 1.71. The average Bonchev–Trinajstić information content (AvgIpc) is 2.75. The van der Waals surface area contributed by atoms with Crippen LogP contribution in [-0.2, 0) is 14.8 Å². The van der Waals surface area contributed by atoms with E-state index in [0.29, 0.717) is 22.7 Å². The van der Waals surface area contributed by atoms with Crippen LogP contribution in [0.5, 0.6) is 11.6 Å². The Morgan fingerprint density at radius 1 is 0.939 bits per heavy atom. The summed E-state index contributed by atoms with van der Waals surface area (Å²) in [6.45, 7) is 5.08. The van der Waals surface area contributed by atoms with E-state index >= 15 is 0 Å². The number of amides is 2. The van der Waals surface area contributed by atoms with Crippen LogP contribution in [-0.4, -0.2) is 31.3 Å². The van der Waals surface area contributed by atoms with Crippen molar-refractivity contribution in [3.63, 3.8) is 0 Å². The van der Waals surface area contributed by atoms with E-state index in [1.807, 2.05) is 13.8 Å². The molecule has 0 aliphatic rings. The SMILES string of the molecule is CC(=O)Nc1ccc(S(=O)(=O)Nc2ccc(Oc3ncccc3C(=O)NC(C)C)cc2)cc1. The van der Waals surface area contributed by atoms with Crippen LogP contribution >= 0.6 is 0 Å². The van der Waals surface area contributed by atoms with E-state index in [9.17, 15) is 18.0 Å². The number of hydrogen-bond acceptors (Lipinski definition) is 6. The summed E-state index contributed by atoms with van der Waals surface area (Å²) in [6.07, 6.45) is 1.52. The average molecular weight is 469 g/mol.